The van der Waals surface area contributed by atoms with E-state index in [9.17, 15) is 0 Å². The molecule has 16 heavy (non-hydrogen) atoms. The molecule has 0 aromatic heterocycles. The van der Waals surface area contributed by atoms with Gasteiger partial charge in [-0.15, -0.1) is 0 Å². The van der Waals surface area contributed by atoms with Gasteiger partial charge in [-0.1, -0.05) is 19.1 Å². The van der Waals surface area contributed by atoms with Crippen LogP contribution in [0.1, 0.15) is 40.0 Å². The van der Waals surface area contributed by atoms with Crippen molar-refractivity contribution < 1.29 is 4.74 Å². The van der Waals surface area contributed by atoms with Gasteiger partial charge in [0.15, 0.2) is 0 Å². The molecule has 0 saturated carbocycles. The second-order valence-electron chi connectivity index (χ2n) is 5.50. The molecule has 2 heteroatoms. The molecular weight excluding hydrogens is 198 g/mol. The van der Waals surface area contributed by atoms with E-state index in [4.69, 9.17) is 10.00 Å². The van der Waals surface area contributed by atoms with E-state index in [1.54, 1.807) is 0 Å². The Morgan fingerprint density at radius 1 is 1.38 bits per heavy atom. The number of hydrogen-bond donors (Lipinski definition) is 0. The van der Waals surface area contributed by atoms with E-state index < -0.39 is 0 Å². The highest BCUT2D eigenvalue weighted by atomic mass is 16.5. The maximum absolute atomic E-state index is 8.87. The zero-order valence-corrected chi connectivity index (χ0v) is 10.7. The van der Waals surface area contributed by atoms with Gasteiger partial charge in [-0.25, -0.2) is 0 Å². The Balaban J connectivity index is 2.16. The molecule has 2 atom stereocenters. The van der Waals surface area contributed by atoms with E-state index in [1.807, 2.05) is 13.8 Å². The highest BCUT2D eigenvalue weighted by Crippen LogP contribution is 2.25. The average Bonchev–Trinajstić information content (AvgIpc) is 2.27. The fraction of sp³-hybridized carbons (Fsp3) is 0.786. The van der Waals surface area contributed by atoms with Gasteiger partial charge in [-0.3, -0.25) is 0 Å². The highest BCUT2D eigenvalue weighted by Gasteiger charge is 2.19. The van der Waals surface area contributed by atoms with E-state index in [2.05, 4.69) is 25.1 Å². The zero-order valence-electron chi connectivity index (χ0n) is 10.7. The lowest BCUT2D eigenvalue weighted by atomic mass is 9.85. The maximum atomic E-state index is 8.87. The van der Waals surface area contributed by atoms with E-state index >= 15 is 0 Å². The van der Waals surface area contributed by atoms with Gasteiger partial charge in [0.05, 0.1) is 11.5 Å². The topological polar surface area (TPSA) is 33.0 Å². The minimum Gasteiger partial charge on any atom is -0.381 e. The molecule has 0 aromatic carbocycles. The largest absolute Gasteiger partial charge is 0.381 e. The quantitative estimate of drug-likeness (QED) is 0.525. The van der Waals surface area contributed by atoms with E-state index in [-0.39, 0.29) is 5.41 Å². The summed E-state index contributed by atoms with van der Waals surface area (Å²) in [4.78, 5) is 0. The van der Waals surface area contributed by atoms with Crippen LogP contribution in [0.4, 0.5) is 0 Å². The molecule has 0 aromatic rings. The molecule has 1 rings (SSSR count). The molecule has 1 aliphatic carbocycles. The predicted molar refractivity (Wildman–Crippen MR) is 65.9 cm³/mol. The predicted octanol–water partition coefficient (Wildman–Crippen LogP) is 3.55. The van der Waals surface area contributed by atoms with Crippen molar-refractivity contribution in [2.75, 3.05) is 13.2 Å². The second-order valence-corrected chi connectivity index (χ2v) is 5.50. The summed E-state index contributed by atoms with van der Waals surface area (Å²) in [6.45, 7) is 7.75. The van der Waals surface area contributed by atoms with Crippen LogP contribution in [0.25, 0.3) is 0 Å². The molecule has 0 bridgehead atoms. The molecule has 0 fully saturated rings. The van der Waals surface area contributed by atoms with Crippen LogP contribution in [0.5, 0.6) is 0 Å². The molecule has 2 unspecified atom stereocenters. The number of hydrogen-bond acceptors (Lipinski definition) is 2. The Kier molecular flexibility index (Phi) is 5.02. The summed E-state index contributed by atoms with van der Waals surface area (Å²) in [7, 11) is 0. The fourth-order valence-electron chi connectivity index (χ4n) is 1.86. The van der Waals surface area contributed by atoms with Gasteiger partial charge >= 0.3 is 0 Å². The highest BCUT2D eigenvalue weighted by molar-refractivity contribution is 4.93. The summed E-state index contributed by atoms with van der Waals surface area (Å²) in [6.07, 6.45) is 7.66. The molecule has 1 aliphatic rings. The van der Waals surface area contributed by atoms with Crippen LogP contribution in [0.3, 0.4) is 0 Å². The molecule has 0 N–H and O–H groups in total. The monoisotopic (exact) mass is 221 g/mol. The Morgan fingerprint density at radius 2 is 2.06 bits per heavy atom. The van der Waals surface area contributed by atoms with Crippen molar-refractivity contribution in [1.29, 1.82) is 5.26 Å². The molecule has 0 radical (unpaired) electrons. The average molecular weight is 221 g/mol. The van der Waals surface area contributed by atoms with Crippen LogP contribution in [-0.4, -0.2) is 13.2 Å². The number of nitrogens with zero attached hydrogens (tertiary/aromatic N) is 1. The first-order valence-electron chi connectivity index (χ1n) is 6.19. The van der Waals surface area contributed by atoms with Crippen molar-refractivity contribution in [1.82, 2.24) is 0 Å². The molecule has 0 spiro atoms. The van der Waals surface area contributed by atoms with Crippen LogP contribution in [-0.2, 0) is 4.74 Å². The maximum Gasteiger partial charge on any atom is 0.0684 e. The summed E-state index contributed by atoms with van der Waals surface area (Å²) in [5.74, 6) is 1.39. The third-order valence-corrected chi connectivity index (χ3v) is 3.42. The third kappa shape index (κ3) is 4.37. The Labute approximate surface area is 99.3 Å². The van der Waals surface area contributed by atoms with Gasteiger partial charge in [-0.2, -0.15) is 5.26 Å². The summed E-state index contributed by atoms with van der Waals surface area (Å²) >= 11 is 0. The lowest BCUT2D eigenvalue weighted by Gasteiger charge is -2.25. The smallest absolute Gasteiger partial charge is 0.0684 e. The first-order valence-corrected chi connectivity index (χ1v) is 6.19. The minimum absolute atomic E-state index is 0.252. The minimum atomic E-state index is -0.252. The first-order chi connectivity index (χ1) is 7.55. The SMILES string of the molecule is CC1CC=CCC1COCCC(C)(C)C#N. The van der Waals surface area contributed by atoms with Crippen LogP contribution < -0.4 is 0 Å². The number of nitriles is 1. The Hall–Kier alpha value is -0.810. The van der Waals surface area contributed by atoms with Crippen molar-refractivity contribution in [2.24, 2.45) is 17.3 Å². The molecule has 2 nitrogen and oxygen atoms in total. The van der Waals surface area contributed by atoms with Crippen molar-refractivity contribution >= 4 is 0 Å². The van der Waals surface area contributed by atoms with E-state index in [0.29, 0.717) is 12.5 Å². The Morgan fingerprint density at radius 3 is 2.69 bits per heavy atom. The zero-order chi connectivity index (χ0) is 12.0. The van der Waals surface area contributed by atoms with Crippen molar-refractivity contribution in [3.8, 4) is 6.07 Å². The van der Waals surface area contributed by atoms with Crippen LogP contribution in [0.15, 0.2) is 12.2 Å². The number of allylic oxidation sites excluding steroid dienone is 2. The lowest BCUT2D eigenvalue weighted by molar-refractivity contribution is 0.0671. The van der Waals surface area contributed by atoms with Gasteiger partial charge in [0.2, 0.25) is 0 Å². The summed E-state index contributed by atoms with van der Waals surface area (Å²) in [5.41, 5.74) is -0.252. The van der Waals surface area contributed by atoms with Gasteiger partial charge in [-0.05, 0) is 44.9 Å². The van der Waals surface area contributed by atoms with Crippen molar-refractivity contribution in [3.63, 3.8) is 0 Å². The van der Waals surface area contributed by atoms with E-state index in [1.165, 1.54) is 6.42 Å². The summed E-state index contributed by atoms with van der Waals surface area (Å²) < 4.78 is 5.70. The number of ether oxygens (including phenoxy) is 1. The van der Waals surface area contributed by atoms with Crippen molar-refractivity contribution in [2.45, 2.75) is 40.0 Å². The van der Waals surface area contributed by atoms with Gasteiger partial charge in [0.1, 0.15) is 0 Å². The summed E-state index contributed by atoms with van der Waals surface area (Å²) in [6, 6.07) is 2.30. The van der Waals surface area contributed by atoms with Gasteiger partial charge in [0, 0.05) is 13.2 Å². The summed E-state index contributed by atoms with van der Waals surface area (Å²) in [5, 5.41) is 8.87. The third-order valence-electron chi connectivity index (χ3n) is 3.42. The van der Waals surface area contributed by atoms with E-state index in [0.717, 1.165) is 25.4 Å². The number of rotatable bonds is 5. The fourth-order valence-corrected chi connectivity index (χ4v) is 1.86. The standard InChI is InChI=1S/C14H23NO/c1-12-6-4-5-7-13(12)10-16-9-8-14(2,3)11-15/h4-5,12-13H,6-10H2,1-3H3. The molecule has 90 valence electrons. The molecule has 0 aliphatic heterocycles. The molecule has 0 amide bonds. The lowest BCUT2D eigenvalue weighted by Crippen LogP contribution is -2.21. The van der Waals surface area contributed by atoms with Gasteiger partial charge < -0.3 is 4.74 Å². The first kappa shape index (κ1) is 13.3. The second kappa shape index (κ2) is 6.06. The Bertz CT molecular complexity index is 275. The van der Waals surface area contributed by atoms with Crippen LogP contribution >= 0.6 is 0 Å². The molecular formula is C14H23NO. The van der Waals surface area contributed by atoms with Crippen LogP contribution in [0, 0.1) is 28.6 Å². The van der Waals surface area contributed by atoms with Crippen molar-refractivity contribution in [3.05, 3.63) is 12.2 Å². The van der Waals surface area contributed by atoms with Gasteiger partial charge in [0.25, 0.3) is 0 Å². The molecule has 0 saturated heterocycles. The molecule has 0 heterocycles. The van der Waals surface area contributed by atoms with Crippen LogP contribution in [0.2, 0.25) is 0 Å². The normalized spacial score (nSPS) is 25.4.